The SMILES string of the molecule is Cc1cc(C(=O)NC[C@H](O)C[C@H]2CC[C@H](C)[C@](CCN3CCOCC34CCN(C(=O)OC(C)(C)C)C4)(C(=O)O)O2)cc2cc[nH]c12. The average Bonchev–Trinajstić information content (AvgIpc) is 3.64. The molecule has 0 radical (unpaired) electrons. The first-order chi connectivity index (χ1) is 21.7. The maximum atomic E-state index is 12.9. The minimum absolute atomic E-state index is 0.0307. The number of hydrogen-bond acceptors (Lipinski definition) is 8. The van der Waals surface area contributed by atoms with Crippen LogP contribution >= 0.6 is 0 Å². The summed E-state index contributed by atoms with van der Waals surface area (Å²) < 4.78 is 17.9. The van der Waals surface area contributed by atoms with E-state index in [1.54, 1.807) is 4.90 Å². The van der Waals surface area contributed by atoms with Gasteiger partial charge in [0.1, 0.15) is 5.60 Å². The molecule has 3 aliphatic rings. The van der Waals surface area contributed by atoms with E-state index in [1.165, 1.54) is 0 Å². The van der Waals surface area contributed by atoms with Crippen LogP contribution in [-0.4, -0.2) is 118 Å². The Hall–Kier alpha value is -3.19. The maximum Gasteiger partial charge on any atom is 0.410 e. The van der Waals surface area contributed by atoms with Crippen molar-refractivity contribution in [2.45, 2.75) is 95.7 Å². The number of carbonyl (C=O) groups is 3. The van der Waals surface area contributed by atoms with E-state index in [1.807, 2.05) is 59.0 Å². The van der Waals surface area contributed by atoms with Gasteiger partial charge in [-0.3, -0.25) is 9.69 Å². The number of aliphatic hydroxyl groups excluding tert-OH is 1. The van der Waals surface area contributed by atoms with Gasteiger partial charge < -0.3 is 39.6 Å². The van der Waals surface area contributed by atoms with E-state index >= 15 is 0 Å². The van der Waals surface area contributed by atoms with Crippen molar-refractivity contribution in [3.05, 3.63) is 35.5 Å². The molecule has 254 valence electrons. The van der Waals surface area contributed by atoms with Crippen molar-refractivity contribution in [2.24, 2.45) is 5.92 Å². The Balaban J connectivity index is 1.19. The molecule has 46 heavy (non-hydrogen) atoms. The monoisotopic (exact) mass is 642 g/mol. The number of ether oxygens (including phenoxy) is 3. The van der Waals surface area contributed by atoms with Crippen molar-refractivity contribution in [2.75, 3.05) is 45.9 Å². The molecule has 3 fully saturated rings. The number of H-pyrrole nitrogens is 1. The van der Waals surface area contributed by atoms with Crippen molar-refractivity contribution < 1.29 is 38.8 Å². The van der Waals surface area contributed by atoms with Crippen molar-refractivity contribution in [3.63, 3.8) is 0 Å². The molecule has 0 saturated carbocycles. The number of fused-ring (bicyclic) bond motifs is 1. The molecule has 12 heteroatoms. The Labute approximate surface area is 270 Å². The number of carboxylic acid groups (broad SMARTS) is 1. The molecule has 2 amide bonds. The largest absolute Gasteiger partial charge is 0.479 e. The van der Waals surface area contributed by atoms with Crippen LogP contribution in [0.4, 0.5) is 4.79 Å². The lowest BCUT2D eigenvalue weighted by Crippen LogP contribution is -2.61. The van der Waals surface area contributed by atoms with Gasteiger partial charge in [0.15, 0.2) is 5.60 Å². The normalized spacial score (nSPS) is 28.0. The fourth-order valence-corrected chi connectivity index (χ4v) is 7.30. The minimum atomic E-state index is -1.42. The molecular formula is C34H50N4O8. The second-order valence-corrected chi connectivity index (χ2v) is 14.4. The summed E-state index contributed by atoms with van der Waals surface area (Å²) in [5.41, 5.74) is 0.0333. The van der Waals surface area contributed by atoms with E-state index in [-0.39, 0.29) is 37.3 Å². The first kappa shape index (κ1) is 34.2. The third kappa shape index (κ3) is 7.35. The summed E-state index contributed by atoms with van der Waals surface area (Å²) in [5.74, 6) is -1.52. The molecule has 1 spiro atoms. The van der Waals surface area contributed by atoms with Crippen LogP contribution in [0.5, 0.6) is 0 Å². The Bertz CT molecular complexity index is 1420. The average molecular weight is 643 g/mol. The van der Waals surface area contributed by atoms with E-state index in [4.69, 9.17) is 14.2 Å². The topological polar surface area (TPSA) is 154 Å². The Morgan fingerprint density at radius 2 is 2.00 bits per heavy atom. The van der Waals surface area contributed by atoms with Gasteiger partial charge >= 0.3 is 12.1 Å². The van der Waals surface area contributed by atoms with Crippen molar-refractivity contribution in [1.29, 1.82) is 0 Å². The molecule has 0 bridgehead atoms. The number of rotatable bonds is 9. The number of nitrogens with one attached hydrogen (secondary N) is 2. The highest BCUT2D eigenvalue weighted by molar-refractivity contribution is 5.99. The Morgan fingerprint density at radius 3 is 2.74 bits per heavy atom. The molecule has 3 aliphatic heterocycles. The van der Waals surface area contributed by atoms with Crippen LogP contribution in [0, 0.1) is 12.8 Å². The highest BCUT2D eigenvalue weighted by atomic mass is 16.6. The summed E-state index contributed by atoms with van der Waals surface area (Å²) in [6, 6.07) is 5.54. The number of carbonyl (C=O) groups excluding carboxylic acids is 2. The molecule has 1 aromatic carbocycles. The third-order valence-electron chi connectivity index (χ3n) is 9.89. The second-order valence-electron chi connectivity index (χ2n) is 14.4. The zero-order chi connectivity index (χ0) is 33.3. The first-order valence-corrected chi connectivity index (χ1v) is 16.5. The van der Waals surface area contributed by atoms with Gasteiger partial charge in [-0.15, -0.1) is 0 Å². The van der Waals surface area contributed by atoms with Crippen LogP contribution in [-0.2, 0) is 19.0 Å². The molecule has 1 aromatic heterocycles. The number of nitrogens with zero attached hydrogens (tertiary/aromatic N) is 2. The van der Waals surface area contributed by atoms with Crippen LogP contribution in [0.1, 0.15) is 75.7 Å². The lowest BCUT2D eigenvalue weighted by atomic mass is 9.78. The number of aliphatic hydroxyl groups is 1. The molecular weight excluding hydrogens is 592 g/mol. The highest BCUT2D eigenvalue weighted by Gasteiger charge is 2.52. The maximum absolute atomic E-state index is 12.9. The van der Waals surface area contributed by atoms with Gasteiger partial charge in [0.25, 0.3) is 5.91 Å². The summed E-state index contributed by atoms with van der Waals surface area (Å²) >= 11 is 0. The molecule has 2 aromatic rings. The van der Waals surface area contributed by atoms with Gasteiger partial charge in [-0.05, 0) is 76.6 Å². The molecule has 3 saturated heterocycles. The zero-order valence-corrected chi connectivity index (χ0v) is 27.8. The summed E-state index contributed by atoms with van der Waals surface area (Å²) in [4.78, 5) is 45.7. The Kier molecular flexibility index (Phi) is 10.0. The van der Waals surface area contributed by atoms with E-state index in [0.717, 1.165) is 16.5 Å². The third-order valence-corrected chi connectivity index (χ3v) is 9.89. The summed E-state index contributed by atoms with van der Waals surface area (Å²) in [5, 5.41) is 25.2. The Morgan fingerprint density at radius 1 is 1.22 bits per heavy atom. The first-order valence-electron chi connectivity index (χ1n) is 16.5. The van der Waals surface area contributed by atoms with Crippen LogP contribution in [0.2, 0.25) is 0 Å². The van der Waals surface area contributed by atoms with Crippen molar-refractivity contribution in [3.8, 4) is 0 Å². The predicted molar refractivity (Wildman–Crippen MR) is 172 cm³/mol. The van der Waals surface area contributed by atoms with Gasteiger partial charge in [-0.1, -0.05) is 6.92 Å². The number of morpholine rings is 1. The molecule has 4 heterocycles. The number of aromatic nitrogens is 1. The van der Waals surface area contributed by atoms with Crippen LogP contribution in [0.3, 0.4) is 0 Å². The molecule has 0 aliphatic carbocycles. The minimum Gasteiger partial charge on any atom is -0.479 e. The van der Waals surface area contributed by atoms with E-state index < -0.39 is 34.9 Å². The van der Waals surface area contributed by atoms with Crippen molar-refractivity contribution in [1.82, 2.24) is 20.1 Å². The number of aromatic amines is 1. The van der Waals surface area contributed by atoms with Crippen molar-refractivity contribution >= 4 is 28.9 Å². The van der Waals surface area contributed by atoms with E-state index in [2.05, 4.69) is 15.2 Å². The zero-order valence-electron chi connectivity index (χ0n) is 27.8. The number of likely N-dealkylation sites (tertiary alicyclic amines) is 1. The standard InChI is InChI=1S/C34H50N4O8/c1-22-16-25(17-24-8-11-35-28(22)24)29(40)36-19-26(39)18-27-7-6-23(2)34(45-27,30(41)42)10-13-38-14-15-44-21-33(38)9-12-37(20-33)31(43)46-32(3,4)5/h8,11,16-17,23,26-27,35,39H,6-7,9-10,12-15,18-21H2,1-5H3,(H,36,40)(H,41,42)/t23-,26+,27+,33?,34+/m0/s1. The van der Waals surface area contributed by atoms with Gasteiger partial charge in [0, 0.05) is 68.2 Å². The summed E-state index contributed by atoms with van der Waals surface area (Å²) in [6.07, 6.45) is 2.57. The van der Waals surface area contributed by atoms with Gasteiger partial charge in [-0.2, -0.15) is 0 Å². The number of aliphatic carboxylic acids is 1. The van der Waals surface area contributed by atoms with E-state index in [0.29, 0.717) is 64.2 Å². The summed E-state index contributed by atoms with van der Waals surface area (Å²) in [7, 11) is 0. The second kappa shape index (κ2) is 13.5. The number of carboxylic acids is 1. The molecule has 12 nitrogen and oxygen atoms in total. The number of hydrogen-bond donors (Lipinski definition) is 4. The highest BCUT2D eigenvalue weighted by Crippen LogP contribution is 2.40. The molecule has 4 N–H and O–H groups in total. The van der Waals surface area contributed by atoms with Crippen LogP contribution in [0.15, 0.2) is 24.4 Å². The van der Waals surface area contributed by atoms with Crippen LogP contribution < -0.4 is 5.32 Å². The molecule has 5 rings (SSSR count). The lowest BCUT2D eigenvalue weighted by molar-refractivity contribution is -0.204. The van der Waals surface area contributed by atoms with Gasteiger partial charge in [-0.25, -0.2) is 9.59 Å². The van der Waals surface area contributed by atoms with Gasteiger partial charge in [0.2, 0.25) is 0 Å². The van der Waals surface area contributed by atoms with Gasteiger partial charge in [0.05, 0.1) is 31.0 Å². The van der Waals surface area contributed by atoms with E-state index in [9.17, 15) is 24.6 Å². The molecule has 1 unspecified atom stereocenters. The number of benzene rings is 1. The lowest BCUT2D eigenvalue weighted by Gasteiger charge is -2.48. The fourth-order valence-electron chi connectivity index (χ4n) is 7.30. The number of amides is 2. The molecule has 5 atom stereocenters. The quantitative estimate of drug-likeness (QED) is 0.321. The van der Waals surface area contributed by atoms with Crippen LogP contribution in [0.25, 0.3) is 10.9 Å². The smallest absolute Gasteiger partial charge is 0.410 e. The number of aryl methyl sites for hydroxylation is 1. The predicted octanol–water partition coefficient (Wildman–Crippen LogP) is 3.70. The summed E-state index contributed by atoms with van der Waals surface area (Å²) in [6.45, 7) is 12.5. The fraction of sp³-hybridized carbons (Fsp3) is 0.676.